The van der Waals surface area contributed by atoms with Crippen molar-refractivity contribution in [3.63, 3.8) is 0 Å². The van der Waals surface area contributed by atoms with Crippen molar-refractivity contribution in [3.05, 3.63) is 72.3 Å². The molecule has 1 aliphatic rings. The minimum atomic E-state index is -0.564. The summed E-state index contributed by atoms with van der Waals surface area (Å²) in [6.07, 6.45) is 4.00. The predicted octanol–water partition coefficient (Wildman–Crippen LogP) is 2.88. The molecule has 1 atom stereocenters. The highest BCUT2D eigenvalue weighted by Crippen LogP contribution is 2.24. The Morgan fingerprint density at radius 2 is 2.03 bits per heavy atom. The van der Waals surface area contributed by atoms with E-state index in [9.17, 15) is 8.78 Å². The molecule has 0 radical (unpaired) electrons. The Balaban J connectivity index is 1.37. The smallest absolute Gasteiger partial charge is 0.191 e. The second kappa shape index (κ2) is 9.55. The first-order valence-electron chi connectivity index (χ1n) is 10.3. The Morgan fingerprint density at radius 1 is 1.19 bits per heavy atom. The molecule has 31 heavy (non-hydrogen) atoms. The van der Waals surface area contributed by atoms with Crippen LogP contribution in [0.2, 0.25) is 0 Å². The summed E-state index contributed by atoms with van der Waals surface area (Å²) < 4.78 is 29.0. The van der Waals surface area contributed by atoms with Crippen LogP contribution in [-0.2, 0) is 6.54 Å². The van der Waals surface area contributed by atoms with Crippen LogP contribution in [0, 0.1) is 11.6 Å². The van der Waals surface area contributed by atoms with E-state index in [4.69, 9.17) is 0 Å². The SMILES string of the molecule is CCNC(=NCc1ccc(-n2cncn2)cc1)NC1CCN(c2ccc(F)cc2F)C1. The third-order valence-electron chi connectivity index (χ3n) is 5.16. The molecule has 1 unspecified atom stereocenters. The lowest BCUT2D eigenvalue weighted by molar-refractivity contribution is 0.580. The molecule has 9 heteroatoms. The van der Waals surface area contributed by atoms with Gasteiger partial charge < -0.3 is 15.5 Å². The summed E-state index contributed by atoms with van der Waals surface area (Å²) in [4.78, 5) is 10.6. The molecule has 0 saturated carbocycles. The van der Waals surface area contributed by atoms with E-state index in [0.29, 0.717) is 31.3 Å². The normalized spacial score (nSPS) is 16.5. The molecule has 2 N–H and O–H groups in total. The number of anilines is 1. The van der Waals surface area contributed by atoms with Gasteiger partial charge in [0, 0.05) is 31.7 Å². The maximum Gasteiger partial charge on any atom is 0.191 e. The van der Waals surface area contributed by atoms with Crippen LogP contribution >= 0.6 is 0 Å². The highest BCUT2D eigenvalue weighted by molar-refractivity contribution is 5.80. The molecule has 1 aromatic heterocycles. The average molecular weight is 425 g/mol. The molecule has 162 valence electrons. The number of benzene rings is 2. The highest BCUT2D eigenvalue weighted by atomic mass is 19.1. The zero-order chi connectivity index (χ0) is 21.6. The molecule has 1 fully saturated rings. The number of guanidine groups is 1. The number of nitrogens with zero attached hydrogens (tertiary/aromatic N) is 5. The minimum Gasteiger partial charge on any atom is -0.367 e. The van der Waals surface area contributed by atoms with Gasteiger partial charge in [0.1, 0.15) is 24.3 Å². The molecule has 4 rings (SSSR count). The fourth-order valence-electron chi connectivity index (χ4n) is 3.61. The summed E-state index contributed by atoms with van der Waals surface area (Å²) >= 11 is 0. The molecular weight excluding hydrogens is 400 g/mol. The van der Waals surface area contributed by atoms with Gasteiger partial charge >= 0.3 is 0 Å². The first-order chi connectivity index (χ1) is 15.1. The Kier molecular flexibility index (Phi) is 6.40. The summed E-state index contributed by atoms with van der Waals surface area (Å²) in [5, 5.41) is 10.8. The molecule has 0 spiro atoms. The van der Waals surface area contributed by atoms with Crippen molar-refractivity contribution >= 4 is 11.6 Å². The van der Waals surface area contributed by atoms with E-state index >= 15 is 0 Å². The average Bonchev–Trinajstić information content (AvgIpc) is 3.45. The largest absolute Gasteiger partial charge is 0.367 e. The van der Waals surface area contributed by atoms with E-state index < -0.39 is 11.6 Å². The number of hydrogen-bond donors (Lipinski definition) is 2. The zero-order valence-electron chi connectivity index (χ0n) is 17.3. The molecule has 2 aromatic carbocycles. The molecule has 1 saturated heterocycles. The second-order valence-electron chi connectivity index (χ2n) is 7.37. The molecule has 3 aromatic rings. The van der Waals surface area contributed by atoms with Gasteiger partial charge in [-0.15, -0.1) is 0 Å². The highest BCUT2D eigenvalue weighted by Gasteiger charge is 2.25. The topological polar surface area (TPSA) is 70.4 Å². The van der Waals surface area contributed by atoms with Crippen LogP contribution in [0.1, 0.15) is 18.9 Å². The van der Waals surface area contributed by atoms with E-state index in [-0.39, 0.29) is 6.04 Å². The number of hydrogen-bond acceptors (Lipinski definition) is 4. The Labute approximate surface area is 179 Å². The van der Waals surface area contributed by atoms with Crippen LogP contribution in [-0.4, -0.2) is 46.4 Å². The van der Waals surface area contributed by atoms with Gasteiger partial charge in [-0.25, -0.2) is 23.4 Å². The molecule has 0 aliphatic carbocycles. The maximum atomic E-state index is 14.1. The molecule has 0 amide bonds. The van der Waals surface area contributed by atoms with Crippen LogP contribution in [0.15, 0.2) is 60.1 Å². The maximum absolute atomic E-state index is 14.1. The molecule has 2 heterocycles. The van der Waals surface area contributed by atoms with Gasteiger partial charge in [0.15, 0.2) is 5.96 Å². The summed E-state index contributed by atoms with van der Waals surface area (Å²) in [6, 6.07) is 11.8. The summed E-state index contributed by atoms with van der Waals surface area (Å²) in [6.45, 7) is 4.60. The van der Waals surface area contributed by atoms with E-state index in [1.807, 2.05) is 36.1 Å². The van der Waals surface area contributed by atoms with Gasteiger partial charge in [0.25, 0.3) is 0 Å². The molecule has 7 nitrogen and oxygen atoms in total. The Hall–Kier alpha value is -3.49. The van der Waals surface area contributed by atoms with Crippen molar-refractivity contribution < 1.29 is 8.78 Å². The standard InChI is InChI=1S/C22H25F2N7/c1-2-26-22(27-12-16-3-6-19(7-4-16)31-15-25-14-28-31)29-18-9-10-30(13-18)21-8-5-17(23)11-20(21)24/h3-8,11,14-15,18H,2,9-10,12-13H2,1H3,(H2,26,27,29). The third kappa shape index (κ3) is 5.17. The minimum absolute atomic E-state index is 0.122. The van der Waals surface area contributed by atoms with Crippen molar-refractivity contribution in [1.82, 2.24) is 25.4 Å². The van der Waals surface area contributed by atoms with Gasteiger partial charge in [0.05, 0.1) is 17.9 Å². The first-order valence-corrected chi connectivity index (χ1v) is 10.3. The quantitative estimate of drug-likeness (QED) is 0.470. The lowest BCUT2D eigenvalue weighted by Crippen LogP contribution is -2.44. The van der Waals surface area contributed by atoms with Crippen molar-refractivity contribution in [1.29, 1.82) is 0 Å². The number of aromatic nitrogens is 3. The van der Waals surface area contributed by atoms with E-state index in [1.54, 1.807) is 11.0 Å². The molecule has 0 bridgehead atoms. The van der Waals surface area contributed by atoms with Gasteiger partial charge in [-0.1, -0.05) is 12.1 Å². The molecule has 1 aliphatic heterocycles. The van der Waals surface area contributed by atoms with E-state index in [1.165, 1.54) is 18.5 Å². The summed E-state index contributed by atoms with van der Waals surface area (Å²) in [5.74, 6) is -0.379. The summed E-state index contributed by atoms with van der Waals surface area (Å²) in [5.41, 5.74) is 2.44. The Morgan fingerprint density at radius 3 is 2.74 bits per heavy atom. The van der Waals surface area contributed by atoms with Crippen molar-refractivity contribution in [2.75, 3.05) is 24.5 Å². The van der Waals surface area contributed by atoms with Crippen LogP contribution in [0.5, 0.6) is 0 Å². The number of rotatable bonds is 6. The number of aliphatic imine (C=N–C) groups is 1. The fraction of sp³-hybridized carbons (Fsp3) is 0.318. The number of halogens is 2. The van der Waals surface area contributed by atoms with Crippen molar-refractivity contribution in [2.24, 2.45) is 4.99 Å². The lowest BCUT2D eigenvalue weighted by atomic mass is 10.2. The zero-order valence-corrected chi connectivity index (χ0v) is 17.3. The van der Waals surface area contributed by atoms with E-state index in [0.717, 1.165) is 30.3 Å². The van der Waals surface area contributed by atoms with Gasteiger partial charge in [-0.05, 0) is 43.2 Å². The van der Waals surface area contributed by atoms with Crippen LogP contribution < -0.4 is 15.5 Å². The third-order valence-corrected chi connectivity index (χ3v) is 5.16. The number of nitrogens with one attached hydrogen (secondary N) is 2. The Bertz CT molecular complexity index is 1020. The second-order valence-corrected chi connectivity index (χ2v) is 7.37. The van der Waals surface area contributed by atoms with Crippen LogP contribution in [0.4, 0.5) is 14.5 Å². The first kappa shape index (κ1) is 20.8. The van der Waals surface area contributed by atoms with Crippen molar-refractivity contribution in [2.45, 2.75) is 25.9 Å². The van der Waals surface area contributed by atoms with Gasteiger partial charge in [-0.2, -0.15) is 5.10 Å². The monoisotopic (exact) mass is 425 g/mol. The van der Waals surface area contributed by atoms with Crippen LogP contribution in [0.3, 0.4) is 0 Å². The van der Waals surface area contributed by atoms with Crippen molar-refractivity contribution in [3.8, 4) is 5.69 Å². The predicted molar refractivity (Wildman–Crippen MR) is 116 cm³/mol. The van der Waals surface area contributed by atoms with Crippen LogP contribution in [0.25, 0.3) is 5.69 Å². The lowest BCUT2D eigenvalue weighted by Gasteiger charge is -2.21. The fourth-order valence-corrected chi connectivity index (χ4v) is 3.61. The molecular formula is C22H25F2N7. The van der Waals surface area contributed by atoms with Gasteiger partial charge in [0.2, 0.25) is 0 Å². The summed E-state index contributed by atoms with van der Waals surface area (Å²) in [7, 11) is 0. The van der Waals surface area contributed by atoms with E-state index in [2.05, 4.69) is 25.7 Å². The van der Waals surface area contributed by atoms with Gasteiger partial charge in [-0.3, -0.25) is 0 Å².